The van der Waals surface area contributed by atoms with Crippen LogP contribution in [0.5, 0.6) is 5.75 Å². The highest BCUT2D eigenvalue weighted by atomic mass is 32.2. The molecule has 3 rings (SSSR count). The molecule has 1 fully saturated rings. The third-order valence-electron chi connectivity index (χ3n) is 4.53. The molecule has 0 amide bonds. The SMILES string of the molecule is COc1ccccc1-n1[nH]c(C2CC(C)(C)SC(C)(C)C2)cc1=O. The standard InChI is InChI=1S/C19H26N2O2S/c1-18(2)11-13(12-19(3,4)24-18)14-10-17(22)21(20-14)15-8-6-7-9-16(15)23-5/h6-10,13,20H,11-12H2,1-5H3. The molecule has 0 atom stereocenters. The minimum absolute atomic E-state index is 0.0386. The van der Waals surface area contributed by atoms with Gasteiger partial charge in [0.1, 0.15) is 11.4 Å². The minimum Gasteiger partial charge on any atom is -0.494 e. The van der Waals surface area contributed by atoms with Crippen LogP contribution in [0.1, 0.15) is 52.1 Å². The molecule has 1 aliphatic rings. The van der Waals surface area contributed by atoms with Gasteiger partial charge in [0.25, 0.3) is 5.56 Å². The summed E-state index contributed by atoms with van der Waals surface area (Å²) in [6.45, 7) is 9.17. The number of thioether (sulfide) groups is 1. The predicted octanol–water partition coefficient (Wildman–Crippen LogP) is 4.34. The Kier molecular flexibility index (Phi) is 4.32. The first-order valence-corrected chi connectivity index (χ1v) is 9.18. The van der Waals surface area contributed by atoms with E-state index in [9.17, 15) is 4.79 Å². The average molecular weight is 346 g/mol. The molecule has 0 unspecified atom stereocenters. The fraction of sp³-hybridized carbons (Fsp3) is 0.526. The number of para-hydroxylation sites is 2. The predicted molar refractivity (Wildman–Crippen MR) is 101 cm³/mol. The number of aromatic amines is 1. The van der Waals surface area contributed by atoms with Gasteiger partial charge in [-0.3, -0.25) is 9.89 Å². The number of rotatable bonds is 3. The maximum Gasteiger partial charge on any atom is 0.271 e. The van der Waals surface area contributed by atoms with E-state index in [-0.39, 0.29) is 15.1 Å². The van der Waals surface area contributed by atoms with E-state index >= 15 is 0 Å². The molecule has 1 saturated heterocycles. The number of nitrogens with zero attached hydrogens (tertiary/aromatic N) is 1. The molecule has 1 aliphatic heterocycles. The first-order valence-electron chi connectivity index (χ1n) is 8.36. The number of nitrogens with one attached hydrogen (secondary N) is 1. The lowest BCUT2D eigenvalue weighted by atomic mass is 9.85. The fourth-order valence-electron chi connectivity index (χ4n) is 3.93. The molecule has 2 aromatic rings. The largest absolute Gasteiger partial charge is 0.494 e. The lowest BCUT2D eigenvalue weighted by Crippen LogP contribution is -2.35. The average Bonchev–Trinajstić information content (AvgIpc) is 2.86. The number of hydrogen-bond acceptors (Lipinski definition) is 3. The quantitative estimate of drug-likeness (QED) is 0.899. The van der Waals surface area contributed by atoms with E-state index in [2.05, 4.69) is 32.8 Å². The van der Waals surface area contributed by atoms with Gasteiger partial charge < -0.3 is 4.74 Å². The zero-order valence-corrected chi connectivity index (χ0v) is 15.9. The van der Waals surface area contributed by atoms with Crippen molar-refractivity contribution in [2.75, 3.05) is 7.11 Å². The molecule has 1 N–H and O–H groups in total. The van der Waals surface area contributed by atoms with E-state index in [1.807, 2.05) is 36.0 Å². The van der Waals surface area contributed by atoms with Crippen molar-refractivity contribution in [1.29, 1.82) is 0 Å². The maximum atomic E-state index is 12.5. The Morgan fingerprint density at radius 2 is 1.79 bits per heavy atom. The van der Waals surface area contributed by atoms with Gasteiger partial charge in [-0.15, -0.1) is 11.8 Å². The summed E-state index contributed by atoms with van der Waals surface area (Å²) >= 11 is 2.04. The van der Waals surface area contributed by atoms with Crippen LogP contribution in [0, 0.1) is 0 Å². The van der Waals surface area contributed by atoms with Crippen LogP contribution in [0.3, 0.4) is 0 Å². The normalized spacial score (nSPS) is 20.0. The summed E-state index contributed by atoms with van der Waals surface area (Å²) in [6, 6.07) is 9.32. The molecule has 1 aromatic carbocycles. The van der Waals surface area contributed by atoms with Gasteiger partial charge in [-0.2, -0.15) is 0 Å². The van der Waals surface area contributed by atoms with Gasteiger partial charge in [-0.25, -0.2) is 4.68 Å². The Hall–Kier alpha value is -1.62. The number of benzene rings is 1. The lowest BCUT2D eigenvalue weighted by molar-refractivity contribution is 0.409. The van der Waals surface area contributed by atoms with Crippen molar-refractivity contribution in [2.45, 2.75) is 55.9 Å². The first kappa shape index (κ1) is 17.2. The molecule has 1 aromatic heterocycles. The monoisotopic (exact) mass is 346 g/mol. The molecule has 5 heteroatoms. The summed E-state index contributed by atoms with van der Waals surface area (Å²) in [7, 11) is 1.62. The van der Waals surface area contributed by atoms with E-state index in [1.165, 1.54) is 0 Å². The topological polar surface area (TPSA) is 47.0 Å². The summed E-state index contributed by atoms with van der Waals surface area (Å²) in [5.41, 5.74) is 1.73. The molecular formula is C19H26N2O2S. The van der Waals surface area contributed by atoms with Crippen LogP contribution in [0.25, 0.3) is 5.69 Å². The van der Waals surface area contributed by atoms with E-state index in [1.54, 1.807) is 17.9 Å². The van der Waals surface area contributed by atoms with Crippen LogP contribution < -0.4 is 10.3 Å². The lowest BCUT2D eigenvalue weighted by Gasteiger charge is -2.44. The van der Waals surface area contributed by atoms with Crippen molar-refractivity contribution in [3.05, 3.63) is 46.4 Å². The Labute approximate surface area is 147 Å². The summed E-state index contributed by atoms with van der Waals surface area (Å²) in [5, 5.41) is 3.33. The van der Waals surface area contributed by atoms with Crippen molar-refractivity contribution in [2.24, 2.45) is 0 Å². The van der Waals surface area contributed by atoms with Crippen molar-refractivity contribution < 1.29 is 4.74 Å². The number of ether oxygens (including phenoxy) is 1. The molecule has 130 valence electrons. The number of hydrogen-bond donors (Lipinski definition) is 1. The molecule has 0 spiro atoms. The van der Waals surface area contributed by atoms with Crippen LogP contribution in [-0.2, 0) is 0 Å². The molecule has 0 saturated carbocycles. The molecule has 0 radical (unpaired) electrons. The van der Waals surface area contributed by atoms with Gasteiger partial charge >= 0.3 is 0 Å². The van der Waals surface area contributed by atoms with E-state index in [0.29, 0.717) is 11.7 Å². The highest BCUT2D eigenvalue weighted by Gasteiger charge is 2.40. The highest BCUT2D eigenvalue weighted by molar-refractivity contribution is 8.01. The second-order valence-electron chi connectivity index (χ2n) is 7.78. The molecule has 4 nitrogen and oxygen atoms in total. The summed E-state index contributed by atoms with van der Waals surface area (Å²) in [6.07, 6.45) is 2.12. The van der Waals surface area contributed by atoms with E-state index < -0.39 is 0 Å². The van der Waals surface area contributed by atoms with Crippen molar-refractivity contribution >= 4 is 11.8 Å². The molecule has 0 bridgehead atoms. The second kappa shape index (κ2) is 6.03. The number of H-pyrrole nitrogens is 1. The number of aromatic nitrogens is 2. The van der Waals surface area contributed by atoms with Gasteiger partial charge in [0.15, 0.2) is 0 Å². The van der Waals surface area contributed by atoms with Gasteiger partial charge in [0.05, 0.1) is 7.11 Å². The number of methoxy groups -OCH3 is 1. The van der Waals surface area contributed by atoms with Crippen LogP contribution in [-0.4, -0.2) is 26.4 Å². The van der Waals surface area contributed by atoms with Crippen LogP contribution >= 0.6 is 11.8 Å². The summed E-state index contributed by atoms with van der Waals surface area (Å²) in [5.74, 6) is 1.05. The second-order valence-corrected chi connectivity index (χ2v) is 10.2. The Morgan fingerprint density at radius 3 is 2.42 bits per heavy atom. The highest BCUT2D eigenvalue weighted by Crippen LogP contribution is 2.52. The van der Waals surface area contributed by atoms with Crippen molar-refractivity contribution in [3.63, 3.8) is 0 Å². The van der Waals surface area contributed by atoms with E-state index in [0.717, 1.165) is 24.2 Å². The molecule has 0 aliphatic carbocycles. The summed E-state index contributed by atoms with van der Waals surface area (Å²) in [4.78, 5) is 12.5. The Morgan fingerprint density at radius 1 is 1.17 bits per heavy atom. The van der Waals surface area contributed by atoms with Crippen LogP contribution in [0.4, 0.5) is 0 Å². The molecule has 24 heavy (non-hydrogen) atoms. The molecular weight excluding hydrogens is 320 g/mol. The Bertz CT molecular complexity index is 773. The fourth-order valence-corrected chi connectivity index (χ4v) is 5.99. The van der Waals surface area contributed by atoms with Gasteiger partial charge in [-0.05, 0) is 25.0 Å². The maximum absolute atomic E-state index is 12.5. The smallest absolute Gasteiger partial charge is 0.271 e. The zero-order valence-electron chi connectivity index (χ0n) is 15.1. The molecule has 2 heterocycles. The minimum atomic E-state index is -0.0386. The van der Waals surface area contributed by atoms with Gasteiger partial charge in [0.2, 0.25) is 0 Å². The third-order valence-corrected chi connectivity index (χ3v) is 5.97. The van der Waals surface area contributed by atoms with Crippen molar-refractivity contribution in [1.82, 2.24) is 9.78 Å². The van der Waals surface area contributed by atoms with Crippen LogP contribution in [0.15, 0.2) is 35.1 Å². The summed E-state index contributed by atoms with van der Waals surface area (Å²) < 4.78 is 7.39. The van der Waals surface area contributed by atoms with E-state index in [4.69, 9.17) is 4.74 Å². The zero-order chi connectivity index (χ0) is 17.5. The first-order chi connectivity index (χ1) is 11.2. The van der Waals surface area contributed by atoms with Gasteiger partial charge in [0, 0.05) is 27.2 Å². The van der Waals surface area contributed by atoms with Crippen molar-refractivity contribution in [3.8, 4) is 11.4 Å². The Balaban J connectivity index is 1.99. The van der Waals surface area contributed by atoms with Gasteiger partial charge in [-0.1, -0.05) is 39.8 Å². The van der Waals surface area contributed by atoms with Crippen LogP contribution in [0.2, 0.25) is 0 Å². The third kappa shape index (κ3) is 3.41.